The molecule has 1 aliphatic heterocycles. The molecule has 0 bridgehead atoms. The Balaban J connectivity index is 2.01. The van der Waals surface area contributed by atoms with Crippen molar-refractivity contribution >= 4 is 38.6 Å². The minimum absolute atomic E-state index is 0.0979. The number of hydrogen-bond donors (Lipinski definition) is 2. The van der Waals surface area contributed by atoms with Gasteiger partial charge in [0.1, 0.15) is 5.03 Å². The maximum absolute atomic E-state index is 13.6. The lowest BCUT2D eigenvalue weighted by molar-refractivity contribution is -0.137. The van der Waals surface area contributed by atoms with E-state index in [1.807, 2.05) is 0 Å². The predicted molar refractivity (Wildman–Crippen MR) is 110 cm³/mol. The van der Waals surface area contributed by atoms with Gasteiger partial charge in [-0.25, -0.2) is 22.8 Å². The van der Waals surface area contributed by atoms with Crippen molar-refractivity contribution in [1.29, 1.82) is 4.78 Å². The van der Waals surface area contributed by atoms with E-state index in [-0.39, 0.29) is 35.1 Å². The van der Waals surface area contributed by atoms with Gasteiger partial charge in [0.15, 0.2) is 0 Å². The zero-order chi connectivity index (χ0) is 23.9. The summed E-state index contributed by atoms with van der Waals surface area (Å²) in [5.74, 6) is -3.78. The second-order valence-corrected chi connectivity index (χ2v) is 9.88. The molecule has 1 aromatic carbocycles. The third kappa shape index (κ3) is 5.47. The van der Waals surface area contributed by atoms with Gasteiger partial charge in [-0.1, -0.05) is 11.6 Å². The van der Waals surface area contributed by atoms with Gasteiger partial charge < -0.3 is 10.2 Å². The average Bonchev–Trinajstić information content (AvgIpc) is 2.66. The van der Waals surface area contributed by atoms with Crippen LogP contribution in [0.25, 0.3) is 0 Å². The molecule has 0 spiro atoms. The van der Waals surface area contributed by atoms with Crippen molar-refractivity contribution in [2.45, 2.75) is 30.0 Å². The number of pyridine rings is 1. The van der Waals surface area contributed by atoms with Gasteiger partial charge in [-0.15, -0.1) is 0 Å². The number of amides is 1. The summed E-state index contributed by atoms with van der Waals surface area (Å²) in [5, 5.41) is 1.64. The molecule has 1 fully saturated rings. The van der Waals surface area contributed by atoms with Crippen molar-refractivity contribution in [1.82, 2.24) is 4.98 Å². The Morgan fingerprint density at radius 1 is 1.25 bits per heavy atom. The molecule has 0 radical (unpaired) electrons. The average molecular weight is 497 g/mol. The van der Waals surface area contributed by atoms with E-state index in [2.05, 4.69) is 10.3 Å². The van der Waals surface area contributed by atoms with Crippen LogP contribution in [0, 0.1) is 4.78 Å². The van der Waals surface area contributed by atoms with Crippen LogP contribution in [-0.2, 0) is 15.9 Å². The number of halogens is 6. The molecule has 1 saturated heterocycles. The second kappa shape index (κ2) is 8.47. The van der Waals surface area contributed by atoms with Crippen molar-refractivity contribution in [3.63, 3.8) is 0 Å². The lowest BCUT2D eigenvalue weighted by Crippen LogP contribution is -2.40. The molecule has 32 heavy (non-hydrogen) atoms. The Kier molecular flexibility index (Phi) is 6.40. The maximum atomic E-state index is 13.6. The first-order valence-electron chi connectivity index (χ1n) is 9.22. The van der Waals surface area contributed by atoms with E-state index in [0.29, 0.717) is 6.07 Å². The van der Waals surface area contributed by atoms with Crippen LogP contribution < -0.4 is 10.2 Å². The topological polar surface area (TPSA) is 86.2 Å². The van der Waals surface area contributed by atoms with Crippen molar-refractivity contribution in [3.05, 3.63) is 46.6 Å². The van der Waals surface area contributed by atoms with Crippen LogP contribution in [-0.4, -0.2) is 40.4 Å². The normalized spacial score (nSPS) is 18.2. The molecular formula is C19H18ClF5N4O2S. The molecule has 1 aliphatic rings. The van der Waals surface area contributed by atoms with Gasteiger partial charge in [0, 0.05) is 44.1 Å². The molecule has 6 nitrogen and oxygen atoms in total. The summed E-state index contributed by atoms with van der Waals surface area (Å²) < 4.78 is 86.7. The molecule has 0 saturated carbocycles. The van der Waals surface area contributed by atoms with Crippen LogP contribution in [0.2, 0.25) is 5.02 Å². The van der Waals surface area contributed by atoms with Crippen molar-refractivity contribution in [2.24, 2.45) is 0 Å². The first kappa shape index (κ1) is 24.2. The number of carbonyl (C=O) groups is 1. The molecular weight excluding hydrogens is 479 g/mol. The Bertz CT molecular complexity index is 1140. The first-order valence-corrected chi connectivity index (χ1v) is 11.6. The van der Waals surface area contributed by atoms with Crippen LogP contribution in [0.3, 0.4) is 0 Å². The van der Waals surface area contributed by atoms with E-state index >= 15 is 0 Å². The minimum atomic E-state index is -4.81. The Morgan fingerprint density at radius 2 is 1.88 bits per heavy atom. The second-order valence-electron chi connectivity index (χ2n) is 7.37. The summed E-state index contributed by atoms with van der Waals surface area (Å²) in [6, 6.07) is 4.08. The fourth-order valence-electron chi connectivity index (χ4n) is 3.20. The fraction of sp³-hybridized carbons (Fsp3) is 0.368. The monoisotopic (exact) mass is 496 g/mol. The number of hydrogen-bond acceptors (Lipinski definition) is 5. The highest BCUT2D eigenvalue weighted by Gasteiger charge is 2.38. The Hall–Kier alpha value is -2.47. The van der Waals surface area contributed by atoms with Crippen molar-refractivity contribution < 1.29 is 31.0 Å². The van der Waals surface area contributed by atoms with Gasteiger partial charge in [0.25, 0.3) is 11.8 Å². The summed E-state index contributed by atoms with van der Waals surface area (Å²) in [6.45, 7) is -0.495. The third-order valence-corrected chi connectivity index (χ3v) is 6.20. The molecule has 1 aromatic heterocycles. The summed E-state index contributed by atoms with van der Waals surface area (Å²) >= 11 is 5.79. The standard InChI is InChI=1S/C19H18ClF5N4O2S/c1-32(26,31)16-8-11(2-5-27-16)28-17(30)12-9-14(20)13(19(23,24)25)10-15(12)29-6-3-18(21,22)4-7-29/h2,5,8-10,26H,3-4,6-7H2,1H3,(H,27,28,30)/t32-/m0/s1. The quantitative estimate of drug-likeness (QED) is 0.564. The smallest absolute Gasteiger partial charge is 0.370 e. The molecule has 13 heteroatoms. The van der Waals surface area contributed by atoms with E-state index in [9.17, 15) is 31.0 Å². The number of alkyl halides is 5. The molecule has 2 heterocycles. The Morgan fingerprint density at radius 3 is 2.44 bits per heavy atom. The highest BCUT2D eigenvalue weighted by atomic mass is 35.5. The number of rotatable bonds is 4. The molecule has 3 rings (SSSR count). The number of nitrogens with zero attached hydrogens (tertiary/aromatic N) is 2. The van der Waals surface area contributed by atoms with E-state index in [0.717, 1.165) is 12.3 Å². The summed E-state index contributed by atoms with van der Waals surface area (Å²) in [7, 11) is -3.18. The molecule has 1 amide bonds. The van der Waals surface area contributed by atoms with E-state index < -0.39 is 51.2 Å². The molecule has 0 aliphatic carbocycles. The van der Waals surface area contributed by atoms with Crippen LogP contribution in [0.1, 0.15) is 28.8 Å². The SMILES string of the molecule is C[S@](=N)(=O)c1cc(NC(=O)c2cc(Cl)c(C(F)(F)F)cc2N2CCC(F)(F)CC2)ccn1. The largest absolute Gasteiger partial charge is 0.417 e. The number of benzene rings is 1. The highest BCUT2D eigenvalue weighted by Crippen LogP contribution is 2.40. The lowest BCUT2D eigenvalue weighted by atomic mass is 10.0. The zero-order valence-electron chi connectivity index (χ0n) is 16.6. The number of aromatic nitrogens is 1. The highest BCUT2D eigenvalue weighted by molar-refractivity contribution is 7.91. The first-order chi connectivity index (χ1) is 14.7. The summed E-state index contributed by atoms with van der Waals surface area (Å²) in [5.41, 5.74) is -1.50. The van der Waals surface area contributed by atoms with Gasteiger partial charge in [-0.2, -0.15) is 13.2 Å². The van der Waals surface area contributed by atoms with E-state index in [1.165, 1.54) is 23.2 Å². The molecule has 2 aromatic rings. The minimum Gasteiger partial charge on any atom is -0.370 e. The van der Waals surface area contributed by atoms with Crippen LogP contribution in [0.15, 0.2) is 35.5 Å². The molecule has 174 valence electrons. The van der Waals surface area contributed by atoms with E-state index in [1.54, 1.807) is 0 Å². The molecule has 0 unspecified atom stereocenters. The number of piperidine rings is 1. The third-order valence-electron chi connectivity index (χ3n) is 4.86. The summed E-state index contributed by atoms with van der Waals surface area (Å²) in [4.78, 5) is 18.0. The molecule has 2 N–H and O–H groups in total. The fourth-order valence-corrected chi connectivity index (χ4v) is 4.08. The number of carbonyl (C=O) groups excluding carboxylic acids is 1. The zero-order valence-corrected chi connectivity index (χ0v) is 18.2. The van der Waals surface area contributed by atoms with Gasteiger partial charge in [0.05, 0.1) is 31.6 Å². The van der Waals surface area contributed by atoms with Crippen LogP contribution in [0.5, 0.6) is 0 Å². The van der Waals surface area contributed by atoms with Gasteiger partial charge in [-0.05, 0) is 24.3 Å². The number of anilines is 2. The van der Waals surface area contributed by atoms with Gasteiger partial charge >= 0.3 is 6.18 Å². The number of nitrogens with one attached hydrogen (secondary N) is 2. The van der Waals surface area contributed by atoms with Gasteiger partial charge in [-0.3, -0.25) is 4.79 Å². The molecule has 1 atom stereocenters. The predicted octanol–water partition coefficient (Wildman–Crippen LogP) is 5.28. The van der Waals surface area contributed by atoms with Gasteiger partial charge in [0.2, 0.25) is 0 Å². The van der Waals surface area contributed by atoms with Crippen LogP contribution >= 0.6 is 11.6 Å². The Labute approximate surface area is 185 Å². The summed E-state index contributed by atoms with van der Waals surface area (Å²) in [6.07, 6.45) is -3.59. The van der Waals surface area contributed by atoms with Crippen molar-refractivity contribution in [2.75, 3.05) is 29.6 Å². The van der Waals surface area contributed by atoms with Crippen molar-refractivity contribution in [3.8, 4) is 0 Å². The maximum Gasteiger partial charge on any atom is 0.417 e. The van der Waals surface area contributed by atoms with E-state index in [4.69, 9.17) is 16.4 Å². The lowest BCUT2D eigenvalue weighted by Gasteiger charge is -2.34. The van der Waals surface area contributed by atoms with Crippen LogP contribution in [0.4, 0.5) is 33.3 Å².